The average molecular weight is 222 g/mol. The SMILES string of the molecule is Cl.Nc1ccc(Nc2ccccc2)nc1. The summed E-state index contributed by atoms with van der Waals surface area (Å²) in [5.74, 6) is 0.797. The lowest BCUT2D eigenvalue weighted by molar-refractivity contribution is 1.31. The van der Waals surface area contributed by atoms with Crippen LogP contribution in [0.15, 0.2) is 48.7 Å². The van der Waals surface area contributed by atoms with E-state index < -0.39 is 0 Å². The highest BCUT2D eigenvalue weighted by atomic mass is 35.5. The molecule has 78 valence electrons. The molecule has 3 nitrogen and oxygen atoms in total. The van der Waals surface area contributed by atoms with Crippen LogP contribution >= 0.6 is 12.4 Å². The number of hydrogen-bond acceptors (Lipinski definition) is 3. The Balaban J connectivity index is 0.00000112. The number of hydrogen-bond donors (Lipinski definition) is 2. The molecule has 1 aromatic heterocycles. The first-order valence-corrected chi connectivity index (χ1v) is 4.38. The van der Waals surface area contributed by atoms with E-state index in [0.29, 0.717) is 5.69 Å². The van der Waals surface area contributed by atoms with Crippen LogP contribution in [0, 0.1) is 0 Å². The van der Waals surface area contributed by atoms with Crippen LogP contribution in [0.25, 0.3) is 0 Å². The summed E-state index contributed by atoms with van der Waals surface area (Å²) < 4.78 is 0. The number of benzene rings is 1. The van der Waals surface area contributed by atoms with Gasteiger partial charge >= 0.3 is 0 Å². The number of anilines is 3. The van der Waals surface area contributed by atoms with Crippen LogP contribution in [0.3, 0.4) is 0 Å². The predicted molar refractivity (Wildman–Crippen MR) is 65.6 cm³/mol. The van der Waals surface area contributed by atoms with E-state index in [1.807, 2.05) is 42.5 Å². The Kier molecular flexibility index (Phi) is 3.94. The van der Waals surface area contributed by atoms with E-state index in [1.54, 1.807) is 6.20 Å². The fourth-order valence-electron chi connectivity index (χ4n) is 1.15. The number of para-hydroxylation sites is 1. The van der Waals surface area contributed by atoms with Crippen molar-refractivity contribution >= 4 is 29.6 Å². The lowest BCUT2D eigenvalue weighted by Gasteiger charge is -2.04. The zero-order valence-corrected chi connectivity index (χ0v) is 8.87. The van der Waals surface area contributed by atoms with Gasteiger partial charge in [-0.15, -0.1) is 12.4 Å². The summed E-state index contributed by atoms with van der Waals surface area (Å²) >= 11 is 0. The Morgan fingerprint density at radius 3 is 2.33 bits per heavy atom. The molecular formula is C11H12ClN3. The van der Waals surface area contributed by atoms with E-state index >= 15 is 0 Å². The van der Waals surface area contributed by atoms with Crippen LogP contribution in [0.5, 0.6) is 0 Å². The van der Waals surface area contributed by atoms with Crippen molar-refractivity contribution < 1.29 is 0 Å². The molecule has 2 aromatic rings. The highest BCUT2D eigenvalue weighted by Crippen LogP contribution is 2.13. The molecule has 15 heavy (non-hydrogen) atoms. The lowest BCUT2D eigenvalue weighted by Crippen LogP contribution is -1.93. The quantitative estimate of drug-likeness (QED) is 0.820. The minimum atomic E-state index is 0. The Bertz CT molecular complexity index is 400. The molecule has 0 fully saturated rings. The van der Waals surface area contributed by atoms with Gasteiger partial charge in [0.2, 0.25) is 0 Å². The van der Waals surface area contributed by atoms with E-state index in [9.17, 15) is 0 Å². The Morgan fingerprint density at radius 1 is 1.00 bits per heavy atom. The number of rotatable bonds is 2. The third-order valence-corrected chi connectivity index (χ3v) is 1.83. The molecule has 1 heterocycles. The van der Waals surface area contributed by atoms with Crippen molar-refractivity contribution in [2.24, 2.45) is 0 Å². The first-order chi connectivity index (χ1) is 6.84. The largest absolute Gasteiger partial charge is 0.397 e. The molecule has 0 aliphatic rings. The van der Waals surface area contributed by atoms with E-state index in [1.165, 1.54) is 0 Å². The number of nitrogen functional groups attached to an aromatic ring is 1. The molecule has 0 radical (unpaired) electrons. The van der Waals surface area contributed by atoms with Gasteiger partial charge in [0.25, 0.3) is 0 Å². The van der Waals surface area contributed by atoms with Crippen LogP contribution in [0.2, 0.25) is 0 Å². The van der Waals surface area contributed by atoms with Crippen molar-refractivity contribution in [1.82, 2.24) is 4.98 Å². The van der Waals surface area contributed by atoms with Gasteiger partial charge in [-0.3, -0.25) is 0 Å². The monoisotopic (exact) mass is 221 g/mol. The van der Waals surface area contributed by atoms with Gasteiger partial charge in [-0.05, 0) is 24.3 Å². The maximum absolute atomic E-state index is 5.53. The minimum Gasteiger partial charge on any atom is -0.397 e. The second-order valence-corrected chi connectivity index (χ2v) is 2.97. The molecule has 0 unspecified atom stereocenters. The molecule has 0 saturated heterocycles. The van der Waals surface area contributed by atoms with Crippen LogP contribution in [-0.4, -0.2) is 4.98 Å². The van der Waals surface area contributed by atoms with Crippen LogP contribution < -0.4 is 11.1 Å². The summed E-state index contributed by atoms with van der Waals surface area (Å²) in [5.41, 5.74) is 7.22. The minimum absolute atomic E-state index is 0. The van der Waals surface area contributed by atoms with Gasteiger partial charge in [-0.1, -0.05) is 18.2 Å². The first-order valence-electron chi connectivity index (χ1n) is 4.38. The summed E-state index contributed by atoms with van der Waals surface area (Å²) in [6.45, 7) is 0. The molecule has 2 rings (SSSR count). The fourth-order valence-corrected chi connectivity index (χ4v) is 1.15. The smallest absolute Gasteiger partial charge is 0.130 e. The summed E-state index contributed by atoms with van der Waals surface area (Å²) in [6, 6.07) is 13.6. The van der Waals surface area contributed by atoms with Crippen molar-refractivity contribution in [2.75, 3.05) is 11.1 Å². The van der Waals surface area contributed by atoms with Gasteiger partial charge in [-0.25, -0.2) is 4.98 Å². The Hall–Kier alpha value is -1.74. The average Bonchev–Trinajstić information content (AvgIpc) is 2.23. The second-order valence-electron chi connectivity index (χ2n) is 2.97. The van der Waals surface area contributed by atoms with Crippen LogP contribution in [-0.2, 0) is 0 Å². The van der Waals surface area contributed by atoms with Crippen LogP contribution in [0.4, 0.5) is 17.2 Å². The molecule has 0 saturated carbocycles. The van der Waals surface area contributed by atoms with Gasteiger partial charge in [0.15, 0.2) is 0 Å². The Morgan fingerprint density at radius 2 is 1.73 bits per heavy atom. The van der Waals surface area contributed by atoms with Gasteiger partial charge < -0.3 is 11.1 Å². The molecule has 0 spiro atoms. The highest BCUT2D eigenvalue weighted by Gasteiger charge is 1.93. The molecular weight excluding hydrogens is 210 g/mol. The molecule has 0 bridgehead atoms. The molecule has 0 aliphatic heterocycles. The maximum atomic E-state index is 5.53. The normalized spacial score (nSPS) is 9.07. The van der Waals surface area contributed by atoms with Gasteiger partial charge in [0.1, 0.15) is 5.82 Å². The number of nitrogens with zero attached hydrogens (tertiary/aromatic N) is 1. The topological polar surface area (TPSA) is 50.9 Å². The molecule has 0 atom stereocenters. The van der Waals surface area contributed by atoms with Crippen molar-refractivity contribution in [1.29, 1.82) is 0 Å². The summed E-state index contributed by atoms with van der Waals surface area (Å²) in [5, 5.41) is 3.16. The van der Waals surface area contributed by atoms with E-state index in [-0.39, 0.29) is 12.4 Å². The van der Waals surface area contributed by atoms with Crippen molar-refractivity contribution in [2.45, 2.75) is 0 Å². The molecule has 3 N–H and O–H groups in total. The number of nitrogens with one attached hydrogen (secondary N) is 1. The summed E-state index contributed by atoms with van der Waals surface area (Å²) in [6.07, 6.45) is 1.63. The van der Waals surface area contributed by atoms with Gasteiger partial charge in [-0.2, -0.15) is 0 Å². The number of halogens is 1. The second kappa shape index (κ2) is 5.22. The first kappa shape index (κ1) is 11.3. The maximum Gasteiger partial charge on any atom is 0.130 e. The third kappa shape index (κ3) is 3.14. The fraction of sp³-hybridized carbons (Fsp3) is 0. The Labute approximate surface area is 94.8 Å². The zero-order chi connectivity index (χ0) is 9.80. The highest BCUT2D eigenvalue weighted by molar-refractivity contribution is 5.85. The van der Waals surface area contributed by atoms with Crippen molar-refractivity contribution in [3.05, 3.63) is 48.7 Å². The number of nitrogens with two attached hydrogens (primary N) is 1. The lowest BCUT2D eigenvalue weighted by atomic mass is 10.3. The molecule has 1 aromatic carbocycles. The van der Waals surface area contributed by atoms with E-state index in [2.05, 4.69) is 10.3 Å². The molecule has 0 aliphatic carbocycles. The summed E-state index contributed by atoms with van der Waals surface area (Å²) in [4.78, 5) is 4.14. The summed E-state index contributed by atoms with van der Waals surface area (Å²) in [7, 11) is 0. The van der Waals surface area contributed by atoms with Gasteiger partial charge in [0, 0.05) is 5.69 Å². The molecule has 4 heteroatoms. The predicted octanol–water partition coefficient (Wildman–Crippen LogP) is 2.83. The van der Waals surface area contributed by atoms with Crippen molar-refractivity contribution in [3.8, 4) is 0 Å². The standard InChI is InChI=1S/C11H11N3.ClH/c12-9-6-7-11(13-8-9)14-10-4-2-1-3-5-10;/h1-8H,12H2,(H,13,14);1H. The van der Waals surface area contributed by atoms with E-state index in [4.69, 9.17) is 5.73 Å². The number of aromatic nitrogens is 1. The van der Waals surface area contributed by atoms with Crippen LogP contribution in [0.1, 0.15) is 0 Å². The zero-order valence-electron chi connectivity index (χ0n) is 8.05. The number of pyridine rings is 1. The van der Waals surface area contributed by atoms with E-state index in [0.717, 1.165) is 11.5 Å². The third-order valence-electron chi connectivity index (χ3n) is 1.83. The van der Waals surface area contributed by atoms with Crippen molar-refractivity contribution in [3.63, 3.8) is 0 Å². The van der Waals surface area contributed by atoms with Gasteiger partial charge in [0.05, 0.1) is 11.9 Å². The molecule has 0 amide bonds.